The number of hydrogen-bond acceptors (Lipinski definition) is 4. The van der Waals surface area contributed by atoms with Crippen LogP contribution in [0.25, 0.3) is 0 Å². The largest absolute Gasteiger partial charge is 0.378 e. The molecule has 0 rings (SSSR count). The van der Waals surface area contributed by atoms with Gasteiger partial charge in [0, 0.05) is 6.61 Å². The van der Waals surface area contributed by atoms with Crippen LogP contribution in [-0.4, -0.2) is 19.8 Å². The SMILES string of the molecule is CCCCCCOCCON=O. The summed E-state index contributed by atoms with van der Waals surface area (Å²) in [6, 6.07) is 0. The Hall–Kier alpha value is -0.640. The van der Waals surface area contributed by atoms with Crippen LogP contribution >= 0.6 is 0 Å². The monoisotopic (exact) mass is 175 g/mol. The molecule has 0 saturated carbocycles. The van der Waals surface area contributed by atoms with E-state index in [1.807, 2.05) is 0 Å². The predicted molar refractivity (Wildman–Crippen MR) is 46.7 cm³/mol. The highest BCUT2D eigenvalue weighted by molar-refractivity contribution is 4.39. The van der Waals surface area contributed by atoms with E-state index >= 15 is 0 Å². The van der Waals surface area contributed by atoms with Crippen LogP contribution in [0.5, 0.6) is 0 Å². The van der Waals surface area contributed by atoms with Gasteiger partial charge in [-0.15, -0.1) is 4.91 Å². The maximum atomic E-state index is 9.45. The van der Waals surface area contributed by atoms with Crippen molar-refractivity contribution in [1.29, 1.82) is 0 Å². The Bertz CT molecular complexity index is 98.3. The van der Waals surface area contributed by atoms with Crippen LogP contribution in [0, 0.1) is 4.91 Å². The van der Waals surface area contributed by atoms with E-state index in [0.717, 1.165) is 13.0 Å². The second kappa shape index (κ2) is 10.4. The zero-order chi connectivity index (χ0) is 9.07. The minimum absolute atomic E-state index is 0.261. The number of rotatable bonds is 9. The zero-order valence-electron chi connectivity index (χ0n) is 7.62. The van der Waals surface area contributed by atoms with Crippen LogP contribution in [0.3, 0.4) is 0 Å². The van der Waals surface area contributed by atoms with E-state index in [1.54, 1.807) is 0 Å². The first-order valence-electron chi connectivity index (χ1n) is 4.44. The Balaban J connectivity index is 2.77. The molecule has 0 aliphatic rings. The van der Waals surface area contributed by atoms with Crippen molar-refractivity contribution in [3.63, 3.8) is 0 Å². The van der Waals surface area contributed by atoms with Gasteiger partial charge in [0.15, 0.2) is 5.34 Å². The first kappa shape index (κ1) is 11.4. The van der Waals surface area contributed by atoms with Gasteiger partial charge >= 0.3 is 0 Å². The summed E-state index contributed by atoms with van der Waals surface area (Å²) in [5.74, 6) is 0. The average Bonchev–Trinajstić information content (AvgIpc) is 2.10. The summed E-state index contributed by atoms with van der Waals surface area (Å²) in [6.07, 6.45) is 4.79. The quantitative estimate of drug-likeness (QED) is 0.307. The smallest absolute Gasteiger partial charge is 0.155 e. The molecular weight excluding hydrogens is 158 g/mol. The lowest BCUT2D eigenvalue weighted by atomic mass is 10.2. The van der Waals surface area contributed by atoms with Crippen molar-refractivity contribution in [3.8, 4) is 0 Å². The normalized spacial score (nSPS) is 9.75. The van der Waals surface area contributed by atoms with Gasteiger partial charge in [-0.1, -0.05) is 26.2 Å². The molecule has 0 bridgehead atoms. The van der Waals surface area contributed by atoms with E-state index in [0.29, 0.717) is 6.61 Å². The van der Waals surface area contributed by atoms with E-state index in [9.17, 15) is 4.91 Å². The molecule has 0 aromatic rings. The van der Waals surface area contributed by atoms with Crippen molar-refractivity contribution in [2.24, 2.45) is 5.34 Å². The topological polar surface area (TPSA) is 47.9 Å². The van der Waals surface area contributed by atoms with Gasteiger partial charge in [0.1, 0.15) is 6.61 Å². The summed E-state index contributed by atoms with van der Waals surface area (Å²) < 4.78 is 5.16. The molecule has 0 aromatic carbocycles. The molecule has 0 aliphatic carbocycles. The van der Waals surface area contributed by atoms with Gasteiger partial charge in [0.05, 0.1) is 6.61 Å². The summed E-state index contributed by atoms with van der Waals surface area (Å²) in [5, 5.41) is 2.25. The summed E-state index contributed by atoms with van der Waals surface area (Å²) in [6.45, 7) is 3.64. The van der Waals surface area contributed by atoms with E-state index < -0.39 is 0 Å². The third-order valence-electron chi connectivity index (χ3n) is 1.51. The van der Waals surface area contributed by atoms with E-state index in [4.69, 9.17) is 4.74 Å². The van der Waals surface area contributed by atoms with Crippen molar-refractivity contribution in [3.05, 3.63) is 4.91 Å². The highest BCUT2D eigenvalue weighted by Gasteiger charge is 1.89. The maximum Gasteiger partial charge on any atom is 0.155 e. The third kappa shape index (κ3) is 9.36. The van der Waals surface area contributed by atoms with E-state index in [-0.39, 0.29) is 6.61 Å². The molecule has 12 heavy (non-hydrogen) atoms. The number of nitrogens with zero attached hydrogens (tertiary/aromatic N) is 1. The molecule has 0 atom stereocenters. The Morgan fingerprint density at radius 2 is 1.92 bits per heavy atom. The minimum Gasteiger partial charge on any atom is -0.378 e. The molecule has 0 N–H and O–H groups in total. The highest BCUT2D eigenvalue weighted by Crippen LogP contribution is 1.98. The van der Waals surface area contributed by atoms with Crippen LogP contribution < -0.4 is 0 Å². The van der Waals surface area contributed by atoms with Gasteiger partial charge in [-0.25, -0.2) is 0 Å². The van der Waals surface area contributed by atoms with E-state index in [1.165, 1.54) is 19.3 Å². The van der Waals surface area contributed by atoms with Gasteiger partial charge in [0.2, 0.25) is 0 Å². The first-order valence-corrected chi connectivity index (χ1v) is 4.44. The Morgan fingerprint density at radius 1 is 1.08 bits per heavy atom. The number of ether oxygens (including phenoxy) is 1. The van der Waals surface area contributed by atoms with Crippen LogP contribution in [0.2, 0.25) is 0 Å². The lowest BCUT2D eigenvalue weighted by Crippen LogP contribution is -2.02. The summed E-state index contributed by atoms with van der Waals surface area (Å²) >= 11 is 0. The van der Waals surface area contributed by atoms with Gasteiger partial charge < -0.3 is 9.57 Å². The first-order chi connectivity index (χ1) is 5.91. The van der Waals surface area contributed by atoms with Crippen molar-refractivity contribution in [2.45, 2.75) is 32.6 Å². The summed E-state index contributed by atoms with van der Waals surface area (Å²) in [4.78, 5) is 13.7. The maximum absolute atomic E-state index is 9.45. The third-order valence-corrected chi connectivity index (χ3v) is 1.51. The standard InChI is InChI=1S/C8H17NO3/c1-2-3-4-5-6-11-7-8-12-9-10/h2-8H2,1H3. The van der Waals surface area contributed by atoms with Crippen LogP contribution in [0.1, 0.15) is 32.6 Å². The Labute approximate surface area is 73.2 Å². The molecule has 4 heteroatoms. The van der Waals surface area contributed by atoms with Crippen molar-refractivity contribution in [2.75, 3.05) is 19.8 Å². The Morgan fingerprint density at radius 3 is 2.58 bits per heavy atom. The molecule has 0 fully saturated rings. The predicted octanol–water partition coefficient (Wildman–Crippen LogP) is 2.28. The van der Waals surface area contributed by atoms with Crippen molar-refractivity contribution in [1.82, 2.24) is 0 Å². The fraction of sp³-hybridized carbons (Fsp3) is 1.00. The summed E-state index contributed by atoms with van der Waals surface area (Å²) in [7, 11) is 0. The number of hydrogen-bond donors (Lipinski definition) is 0. The van der Waals surface area contributed by atoms with Gasteiger partial charge in [-0.05, 0) is 6.42 Å². The minimum atomic E-state index is 0.261. The second-order valence-corrected chi connectivity index (χ2v) is 2.58. The van der Waals surface area contributed by atoms with Gasteiger partial charge in [-0.2, -0.15) is 0 Å². The summed E-state index contributed by atoms with van der Waals surface area (Å²) in [5.41, 5.74) is 0. The molecule has 0 amide bonds. The lowest BCUT2D eigenvalue weighted by molar-refractivity contribution is 0.0473. The van der Waals surface area contributed by atoms with E-state index in [2.05, 4.69) is 17.1 Å². The fourth-order valence-corrected chi connectivity index (χ4v) is 0.866. The van der Waals surface area contributed by atoms with Crippen LogP contribution in [-0.2, 0) is 9.57 Å². The molecule has 0 heterocycles. The van der Waals surface area contributed by atoms with Gasteiger partial charge in [0.25, 0.3) is 0 Å². The molecular formula is C8H17NO3. The van der Waals surface area contributed by atoms with Crippen LogP contribution in [0.15, 0.2) is 5.34 Å². The Kier molecular flexibility index (Phi) is 9.81. The highest BCUT2D eigenvalue weighted by atomic mass is 16.7. The molecule has 0 spiro atoms. The zero-order valence-corrected chi connectivity index (χ0v) is 7.62. The average molecular weight is 175 g/mol. The molecule has 0 aromatic heterocycles. The van der Waals surface area contributed by atoms with Crippen molar-refractivity contribution >= 4 is 0 Å². The molecule has 0 saturated heterocycles. The lowest BCUT2D eigenvalue weighted by Gasteiger charge is -2.01. The van der Waals surface area contributed by atoms with Crippen molar-refractivity contribution < 1.29 is 9.57 Å². The molecule has 0 radical (unpaired) electrons. The van der Waals surface area contributed by atoms with Gasteiger partial charge in [-0.3, -0.25) is 0 Å². The second-order valence-electron chi connectivity index (χ2n) is 2.58. The number of unbranched alkanes of at least 4 members (excludes halogenated alkanes) is 3. The molecule has 0 unspecified atom stereocenters. The molecule has 4 nitrogen and oxygen atoms in total. The van der Waals surface area contributed by atoms with Crippen LogP contribution in [0.4, 0.5) is 0 Å². The fourth-order valence-electron chi connectivity index (χ4n) is 0.866. The molecule has 72 valence electrons. The molecule has 0 aliphatic heterocycles.